The van der Waals surface area contributed by atoms with Crippen LogP contribution in [0.3, 0.4) is 0 Å². The molecule has 0 amide bonds. The van der Waals surface area contributed by atoms with Crippen LogP contribution >= 0.6 is 0 Å². The number of ether oxygens (including phenoxy) is 2. The van der Waals surface area contributed by atoms with E-state index in [-0.39, 0.29) is 17.1 Å². The number of aryl methyl sites for hydroxylation is 2. The molecule has 0 aromatic carbocycles. The van der Waals surface area contributed by atoms with Crippen LogP contribution in [-0.2, 0) is 36.6 Å². The minimum absolute atomic E-state index is 0.0235. The van der Waals surface area contributed by atoms with Gasteiger partial charge in [-0.3, -0.25) is 0 Å². The SMILES string of the molecule is COCCOCn1cc[n+](C)c1-c1n(C(F)(F)F)cc[n+]1C. The Bertz CT molecular complexity index is 634. The Morgan fingerprint density at radius 1 is 1.05 bits per heavy atom. The number of hydrogen-bond donors (Lipinski definition) is 0. The Morgan fingerprint density at radius 3 is 2.32 bits per heavy atom. The molecule has 0 saturated heterocycles. The number of aromatic nitrogens is 4. The van der Waals surface area contributed by atoms with E-state index in [9.17, 15) is 13.2 Å². The molecule has 122 valence electrons. The van der Waals surface area contributed by atoms with Crippen molar-refractivity contribution in [2.75, 3.05) is 20.3 Å². The molecule has 22 heavy (non-hydrogen) atoms. The maximum absolute atomic E-state index is 13.2. The summed E-state index contributed by atoms with van der Waals surface area (Å²) in [4.78, 5) is 0. The first-order valence-electron chi connectivity index (χ1n) is 6.62. The molecular formula is C13H19F3N4O2+2. The first-order valence-corrected chi connectivity index (χ1v) is 6.62. The number of alkyl halides is 3. The van der Waals surface area contributed by atoms with Gasteiger partial charge in [0.1, 0.15) is 24.8 Å². The minimum atomic E-state index is -4.49. The lowest BCUT2D eigenvalue weighted by atomic mass is 10.5. The van der Waals surface area contributed by atoms with Gasteiger partial charge in [-0.1, -0.05) is 0 Å². The molecule has 2 aromatic rings. The highest BCUT2D eigenvalue weighted by atomic mass is 19.4. The van der Waals surface area contributed by atoms with Crippen LogP contribution in [0.5, 0.6) is 0 Å². The lowest BCUT2D eigenvalue weighted by molar-refractivity contribution is -0.691. The zero-order valence-electron chi connectivity index (χ0n) is 12.7. The van der Waals surface area contributed by atoms with E-state index in [4.69, 9.17) is 9.47 Å². The zero-order chi connectivity index (χ0) is 16.3. The van der Waals surface area contributed by atoms with Crippen molar-refractivity contribution in [1.82, 2.24) is 9.13 Å². The van der Waals surface area contributed by atoms with Crippen molar-refractivity contribution >= 4 is 0 Å². The summed E-state index contributed by atoms with van der Waals surface area (Å²) in [6.07, 6.45) is 1.23. The quantitative estimate of drug-likeness (QED) is 0.580. The van der Waals surface area contributed by atoms with Crippen molar-refractivity contribution < 1.29 is 31.8 Å². The maximum atomic E-state index is 13.2. The smallest absolute Gasteiger partial charge is 0.382 e. The van der Waals surface area contributed by atoms with Gasteiger partial charge in [0.2, 0.25) is 0 Å². The van der Waals surface area contributed by atoms with Crippen LogP contribution in [-0.4, -0.2) is 29.5 Å². The molecule has 0 radical (unpaired) electrons. The van der Waals surface area contributed by atoms with Gasteiger partial charge in [0.05, 0.1) is 27.3 Å². The summed E-state index contributed by atoms with van der Waals surface area (Å²) in [7, 11) is 4.82. The summed E-state index contributed by atoms with van der Waals surface area (Å²) in [6, 6.07) is 0. The lowest BCUT2D eigenvalue weighted by Gasteiger charge is -2.06. The molecule has 0 spiro atoms. The molecule has 0 aliphatic heterocycles. The third-order valence-corrected chi connectivity index (χ3v) is 3.21. The summed E-state index contributed by atoms with van der Waals surface area (Å²) in [5.74, 6) is 0.414. The van der Waals surface area contributed by atoms with Crippen LogP contribution in [0.15, 0.2) is 24.8 Å². The fraction of sp³-hybridized carbons (Fsp3) is 0.538. The maximum Gasteiger partial charge on any atom is 0.567 e. The Hall–Kier alpha value is -1.87. The Morgan fingerprint density at radius 2 is 1.68 bits per heavy atom. The third kappa shape index (κ3) is 3.30. The van der Waals surface area contributed by atoms with E-state index in [1.54, 1.807) is 42.7 Å². The molecule has 0 fully saturated rings. The fourth-order valence-electron chi connectivity index (χ4n) is 2.17. The topological polar surface area (TPSA) is 36.1 Å². The first-order chi connectivity index (χ1) is 10.4. The van der Waals surface area contributed by atoms with E-state index in [2.05, 4.69) is 0 Å². The highest BCUT2D eigenvalue weighted by Crippen LogP contribution is 2.26. The van der Waals surface area contributed by atoms with Gasteiger partial charge in [0.25, 0.3) is 0 Å². The molecule has 2 aromatic heterocycles. The molecule has 0 aliphatic carbocycles. The van der Waals surface area contributed by atoms with Crippen molar-refractivity contribution in [1.29, 1.82) is 0 Å². The predicted molar refractivity (Wildman–Crippen MR) is 69.3 cm³/mol. The molecule has 0 N–H and O–H groups in total. The summed E-state index contributed by atoms with van der Waals surface area (Å²) in [5.41, 5.74) is 0. The van der Waals surface area contributed by atoms with Gasteiger partial charge in [-0.2, -0.15) is 4.57 Å². The predicted octanol–water partition coefficient (Wildman–Crippen LogP) is 0.702. The Labute approximate surface area is 125 Å². The average Bonchev–Trinajstić information content (AvgIpc) is 2.97. The molecule has 6 nitrogen and oxygen atoms in total. The van der Waals surface area contributed by atoms with Crippen molar-refractivity contribution in [3.05, 3.63) is 24.8 Å². The second-order valence-corrected chi connectivity index (χ2v) is 4.80. The highest BCUT2D eigenvalue weighted by Gasteiger charge is 2.45. The number of imidazole rings is 2. The second kappa shape index (κ2) is 6.49. The van der Waals surface area contributed by atoms with Crippen LogP contribution in [0.2, 0.25) is 0 Å². The number of methoxy groups -OCH3 is 1. The van der Waals surface area contributed by atoms with Gasteiger partial charge in [-0.05, 0) is 0 Å². The van der Waals surface area contributed by atoms with Crippen LogP contribution < -0.4 is 9.13 Å². The Balaban J connectivity index is 2.37. The number of rotatable bonds is 6. The number of halogens is 3. The molecule has 0 aliphatic rings. The van der Waals surface area contributed by atoms with Crippen LogP contribution in [0.1, 0.15) is 0 Å². The van der Waals surface area contributed by atoms with Crippen molar-refractivity contribution in [2.45, 2.75) is 13.0 Å². The molecular weight excluding hydrogens is 301 g/mol. The molecule has 2 rings (SSSR count). The van der Waals surface area contributed by atoms with Crippen molar-refractivity contribution in [3.8, 4) is 11.6 Å². The largest absolute Gasteiger partial charge is 0.567 e. The summed E-state index contributed by atoms with van der Waals surface area (Å²) >= 11 is 0. The van der Waals surface area contributed by atoms with Crippen LogP contribution in [0.25, 0.3) is 11.6 Å². The monoisotopic (exact) mass is 320 g/mol. The van der Waals surface area contributed by atoms with E-state index >= 15 is 0 Å². The summed E-state index contributed by atoms with van der Waals surface area (Å²) in [6.45, 7) is 0.933. The lowest BCUT2D eigenvalue weighted by Crippen LogP contribution is -2.39. The van der Waals surface area contributed by atoms with E-state index in [0.29, 0.717) is 19.0 Å². The Kier molecular flexibility index (Phi) is 4.87. The molecule has 0 saturated carbocycles. The minimum Gasteiger partial charge on any atom is -0.382 e. The molecule has 0 bridgehead atoms. The van der Waals surface area contributed by atoms with E-state index in [0.717, 1.165) is 6.20 Å². The molecule has 0 unspecified atom stereocenters. The summed E-state index contributed by atoms with van der Waals surface area (Å²) < 4.78 is 54.7. The number of hydrogen-bond acceptors (Lipinski definition) is 2. The summed E-state index contributed by atoms with van der Waals surface area (Å²) in [5, 5.41) is 0. The van der Waals surface area contributed by atoms with Crippen molar-refractivity contribution in [3.63, 3.8) is 0 Å². The second-order valence-electron chi connectivity index (χ2n) is 4.80. The van der Waals surface area contributed by atoms with Gasteiger partial charge in [0, 0.05) is 7.11 Å². The van der Waals surface area contributed by atoms with Gasteiger partial charge >= 0.3 is 17.9 Å². The standard InChI is InChI=1S/C13H19F3N4O2/c1-17-4-6-19(10-22-9-8-21-3)11(17)12-18(2)5-7-20(12)13(14,15)16/h4-7H,8-10H2,1-3H3/q+2. The molecule has 0 atom stereocenters. The van der Waals surface area contributed by atoms with Crippen LogP contribution in [0, 0.1) is 0 Å². The van der Waals surface area contributed by atoms with E-state index in [1.807, 2.05) is 0 Å². The van der Waals surface area contributed by atoms with Gasteiger partial charge in [-0.15, -0.1) is 17.7 Å². The number of nitrogens with zero attached hydrogens (tertiary/aromatic N) is 4. The first kappa shape index (κ1) is 16.5. The third-order valence-electron chi connectivity index (χ3n) is 3.21. The fourth-order valence-corrected chi connectivity index (χ4v) is 2.17. The van der Waals surface area contributed by atoms with Gasteiger partial charge in [-0.25, -0.2) is 9.13 Å². The highest BCUT2D eigenvalue weighted by molar-refractivity contribution is 5.36. The molecule has 2 heterocycles. The molecule has 9 heteroatoms. The van der Waals surface area contributed by atoms with Gasteiger partial charge in [0.15, 0.2) is 6.73 Å². The van der Waals surface area contributed by atoms with Crippen LogP contribution in [0.4, 0.5) is 13.2 Å². The van der Waals surface area contributed by atoms with E-state index < -0.39 is 6.30 Å². The van der Waals surface area contributed by atoms with Gasteiger partial charge < -0.3 is 9.47 Å². The van der Waals surface area contributed by atoms with Crippen molar-refractivity contribution in [2.24, 2.45) is 14.1 Å². The zero-order valence-corrected chi connectivity index (χ0v) is 12.7. The van der Waals surface area contributed by atoms with E-state index in [1.165, 1.54) is 10.8 Å². The normalized spacial score (nSPS) is 12.1. The average molecular weight is 320 g/mol.